The number of carbonyl (C=O) groups excluding carboxylic acids is 1. The van der Waals surface area contributed by atoms with Crippen LogP contribution in [0.4, 0.5) is 14.5 Å². The number of carbonyl (C=O) groups is 1. The van der Waals surface area contributed by atoms with Gasteiger partial charge in [0.2, 0.25) is 15.9 Å². The average Bonchev–Trinajstić information content (AvgIpc) is 3.82. The van der Waals surface area contributed by atoms with Gasteiger partial charge in [0.05, 0.1) is 28.8 Å². The summed E-state index contributed by atoms with van der Waals surface area (Å²) < 4.78 is 69.4. The highest BCUT2D eigenvalue weighted by molar-refractivity contribution is 7.92. The van der Waals surface area contributed by atoms with Crippen LogP contribution in [0.25, 0.3) is 61.7 Å². The molecule has 0 saturated carbocycles. The predicted octanol–water partition coefficient (Wildman–Crippen LogP) is 7.40. The fraction of sp³-hybridized carbons (Fsp3) is 0.0857. The summed E-state index contributed by atoms with van der Waals surface area (Å²) in [6, 6.07) is 22.3. The van der Waals surface area contributed by atoms with Crippen molar-refractivity contribution in [2.75, 3.05) is 24.7 Å². The van der Waals surface area contributed by atoms with Crippen LogP contribution in [-0.4, -0.2) is 44.2 Å². The third-order valence-electron chi connectivity index (χ3n) is 7.99. The van der Waals surface area contributed by atoms with E-state index in [1.807, 2.05) is 41.2 Å². The number of fused-ring (bicyclic) bond motifs is 2. The Bertz CT molecular complexity index is 2430. The Labute approximate surface area is 267 Å². The molecular formula is C35H26F2N4O5S. The second-order valence-electron chi connectivity index (χ2n) is 10.9. The normalized spacial score (nSPS) is 11.8. The molecule has 47 heavy (non-hydrogen) atoms. The Morgan fingerprint density at radius 2 is 1.60 bits per heavy atom. The highest BCUT2D eigenvalue weighted by atomic mass is 32.2. The Kier molecular flexibility index (Phi) is 7.16. The number of halogens is 2. The molecule has 3 heterocycles. The van der Waals surface area contributed by atoms with E-state index in [-0.39, 0.29) is 39.6 Å². The molecular weight excluding hydrogens is 626 g/mol. The van der Waals surface area contributed by atoms with Crippen molar-refractivity contribution >= 4 is 43.7 Å². The molecule has 12 heteroatoms. The lowest BCUT2D eigenvalue weighted by atomic mass is 9.96. The molecule has 0 radical (unpaired) electrons. The van der Waals surface area contributed by atoms with Gasteiger partial charge in [-0.3, -0.25) is 9.10 Å². The molecule has 0 aliphatic heterocycles. The number of sulfonamides is 1. The van der Waals surface area contributed by atoms with Crippen LogP contribution in [0.15, 0.2) is 106 Å². The number of oxazole rings is 1. The summed E-state index contributed by atoms with van der Waals surface area (Å²) in [5, 5.41) is 3.05. The molecule has 9 nitrogen and oxygen atoms in total. The van der Waals surface area contributed by atoms with Crippen LogP contribution in [0.2, 0.25) is 0 Å². The first-order valence-corrected chi connectivity index (χ1v) is 16.2. The van der Waals surface area contributed by atoms with E-state index >= 15 is 0 Å². The summed E-state index contributed by atoms with van der Waals surface area (Å²) in [6.07, 6.45) is 4.76. The number of nitrogens with zero attached hydrogens (tertiary/aromatic N) is 3. The minimum Gasteiger partial charge on any atom is -0.455 e. The van der Waals surface area contributed by atoms with Crippen LogP contribution in [0.3, 0.4) is 0 Å². The highest BCUT2D eigenvalue weighted by Crippen LogP contribution is 2.43. The smallest absolute Gasteiger partial charge is 0.255 e. The molecule has 0 aliphatic carbocycles. The number of hydrogen-bond acceptors (Lipinski definition) is 6. The minimum atomic E-state index is -3.77. The van der Waals surface area contributed by atoms with Crippen LogP contribution in [-0.2, 0) is 10.0 Å². The van der Waals surface area contributed by atoms with E-state index in [1.54, 1.807) is 24.3 Å². The van der Waals surface area contributed by atoms with Gasteiger partial charge in [-0.25, -0.2) is 22.2 Å². The molecule has 0 aliphatic rings. The second-order valence-corrected chi connectivity index (χ2v) is 12.9. The largest absolute Gasteiger partial charge is 0.455 e. The molecule has 1 N–H and O–H groups in total. The van der Waals surface area contributed by atoms with E-state index in [0.29, 0.717) is 33.3 Å². The lowest BCUT2D eigenvalue weighted by Gasteiger charge is -2.21. The third-order valence-corrected chi connectivity index (χ3v) is 9.19. The molecule has 236 valence electrons. The van der Waals surface area contributed by atoms with Crippen LogP contribution in [0, 0.1) is 11.6 Å². The number of aromatic nitrogens is 2. The van der Waals surface area contributed by atoms with E-state index in [2.05, 4.69) is 10.3 Å². The summed E-state index contributed by atoms with van der Waals surface area (Å²) in [7, 11) is -0.868. The topological polar surface area (TPSA) is 111 Å². The zero-order chi connectivity index (χ0) is 33.0. The molecule has 0 spiro atoms. The van der Waals surface area contributed by atoms with E-state index in [4.69, 9.17) is 8.83 Å². The molecule has 7 rings (SSSR count). The molecule has 0 saturated heterocycles. The second kappa shape index (κ2) is 11.2. The lowest BCUT2D eigenvalue weighted by Crippen LogP contribution is -2.25. The summed E-state index contributed by atoms with van der Waals surface area (Å²) in [5.41, 5.74) is 3.71. The molecule has 1 amide bonds. The van der Waals surface area contributed by atoms with Crippen molar-refractivity contribution in [3.05, 3.63) is 115 Å². The summed E-state index contributed by atoms with van der Waals surface area (Å²) >= 11 is 0. The number of furan rings is 1. The van der Waals surface area contributed by atoms with Crippen molar-refractivity contribution in [1.29, 1.82) is 0 Å². The van der Waals surface area contributed by atoms with Crippen LogP contribution in [0.1, 0.15) is 10.4 Å². The van der Waals surface area contributed by atoms with Gasteiger partial charge in [0.15, 0.2) is 11.4 Å². The molecule has 0 fully saturated rings. The number of benzene rings is 4. The molecule has 7 aromatic rings. The van der Waals surface area contributed by atoms with Gasteiger partial charge in [-0.2, -0.15) is 0 Å². The maximum absolute atomic E-state index is 14.7. The van der Waals surface area contributed by atoms with E-state index in [1.165, 1.54) is 50.5 Å². The fourth-order valence-electron chi connectivity index (χ4n) is 5.58. The first-order valence-electron chi connectivity index (χ1n) is 14.4. The van der Waals surface area contributed by atoms with Crippen LogP contribution in [0.5, 0.6) is 0 Å². The molecule has 3 aromatic heterocycles. The van der Waals surface area contributed by atoms with Gasteiger partial charge in [-0.15, -0.1) is 0 Å². The Morgan fingerprint density at radius 1 is 0.872 bits per heavy atom. The standard InChI is InChI=1S/C35H26F2N4O5S/c1-38-34(42)31-25-18-23(28(40(2)47(3,43)44)19-30(25)45-33(31)20-9-12-22(36)13-10-20)21-11-14-27(41-15-4-5-16-41)24(17-21)35-39-32-26(37)7-6-8-29(32)46-35/h4-19H,1-3H3,(H,38,42). The minimum absolute atomic E-state index is 0.0761. The molecule has 0 unspecified atom stereocenters. The predicted molar refractivity (Wildman–Crippen MR) is 176 cm³/mol. The number of amides is 1. The van der Waals surface area contributed by atoms with Crippen molar-refractivity contribution in [3.8, 4) is 39.6 Å². The van der Waals surface area contributed by atoms with Crippen molar-refractivity contribution in [3.63, 3.8) is 0 Å². The SMILES string of the molecule is CNC(=O)c1c(-c2ccc(F)cc2)oc2cc(N(C)S(C)(=O)=O)c(-c3ccc(-n4cccc4)c(-c4nc5c(F)cccc5o4)c3)cc12. The van der Waals surface area contributed by atoms with Crippen molar-refractivity contribution < 1.29 is 30.8 Å². The van der Waals surface area contributed by atoms with Gasteiger partial charge < -0.3 is 18.7 Å². The van der Waals surface area contributed by atoms with E-state index in [9.17, 15) is 22.0 Å². The first-order chi connectivity index (χ1) is 22.5. The summed E-state index contributed by atoms with van der Waals surface area (Å²) in [4.78, 5) is 17.8. The van der Waals surface area contributed by atoms with Crippen molar-refractivity contribution in [1.82, 2.24) is 14.9 Å². The van der Waals surface area contributed by atoms with Gasteiger partial charge in [-0.05, 0) is 72.3 Å². The third kappa shape index (κ3) is 5.22. The number of nitrogens with one attached hydrogen (secondary N) is 1. The van der Waals surface area contributed by atoms with Crippen LogP contribution < -0.4 is 9.62 Å². The van der Waals surface area contributed by atoms with E-state index < -0.39 is 27.6 Å². The average molecular weight is 653 g/mol. The zero-order valence-corrected chi connectivity index (χ0v) is 26.1. The Balaban J connectivity index is 1.52. The van der Waals surface area contributed by atoms with Gasteiger partial charge in [0.1, 0.15) is 22.7 Å². The number of anilines is 1. The van der Waals surface area contributed by atoms with Crippen LogP contribution >= 0.6 is 0 Å². The quantitative estimate of drug-likeness (QED) is 0.192. The van der Waals surface area contributed by atoms with E-state index in [0.717, 1.165) is 10.6 Å². The maximum Gasteiger partial charge on any atom is 0.255 e. The first kappa shape index (κ1) is 29.9. The number of para-hydroxylation sites is 1. The monoisotopic (exact) mass is 652 g/mol. The highest BCUT2D eigenvalue weighted by Gasteiger charge is 2.27. The fourth-order valence-corrected chi connectivity index (χ4v) is 6.09. The molecule has 0 atom stereocenters. The Morgan fingerprint density at radius 3 is 2.28 bits per heavy atom. The van der Waals surface area contributed by atoms with Gasteiger partial charge in [0, 0.05) is 49.1 Å². The van der Waals surface area contributed by atoms with Gasteiger partial charge >= 0.3 is 0 Å². The Hall–Kier alpha value is -5.75. The summed E-state index contributed by atoms with van der Waals surface area (Å²) in [5.74, 6) is -1.08. The maximum atomic E-state index is 14.7. The summed E-state index contributed by atoms with van der Waals surface area (Å²) in [6.45, 7) is 0. The molecule has 4 aromatic carbocycles. The zero-order valence-electron chi connectivity index (χ0n) is 25.3. The number of rotatable bonds is 7. The number of hydrogen-bond donors (Lipinski definition) is 1. The van der Waals surface area contributed by atoms with Crippen molar-refractivity contribution in [2.45, 2.75) is 0 Å². The van der Waals surface area contributed by atoms with Crippen molar-refractivity contribution in [2.24, 2.45) is 0 Å². The van der Waals surface area contributed by atoms with Gasteiger partial charge in [-0.1, -0.05) is 12.1 Å². The lowest BCUT2D eigenvalue weighted by molar-refractivity contribution is 0.0964. The van der Waals surface area contributed by atoms with Gasteiger partial charge in [0.25, 0.3) is 5.91 Å². The molecule has 0 bridgehead atoms.